The van der Waals surface area contributed by atoms with Crippen LogP contribution >= 0.6 is 11.6 Å². The number of nitrogens with one attached hydrogen (secondary N) is 2. The third kappa shape index (κ3) is 5.95. The average Bonchev–Trinajstić information content (AvgIpc) is 2.97. The van der Waals surface area contributed by atoms with Crippen molar-refractivity contribution in [2.24, 2.45) is 0 Å². The quantitative estimate of drug-likeness (QED) is 0.311. The number of hydrogen-bond acceptors (Lipinski definition) is 5. The Hall–Kier alpha value is -4.34. The third-order valence-corrected chi connectivity index (χ3v) is 8.45. The van der Waals surface area contributed by atoms with Crippen LogP contribution in [0.15, 0.2) is 108 Å². The van der Waals surface area contributed by atoms with E-state index < -0.39 is 22.0 Å². The van der Waals surface area contributed by atoms with Crippen molar-refractivity contribution in [3.8, 4) is 5.75 Å². The van der Waals surface area contributed by atoms with Gasteiger partial charge in [-0.3, -0.25) is 13.9 Å². The van der Waals surface area contributed by atoms with E-state index in [9.17, 15) is 18.0 Å². The Morgan fingerprint density at radius 1 is 0.875 bits per heavy atom. The van der Waals surface area contributed by atoms with Gasteiger partial charge in [0.1, 0.15) is 5.75 Å². The van der Waals surface area contributed by atoms with Gasteiger partial charge in [-0.15, -0.1) is 0 Å². The van der Waals surface area contributed by atoms with Crippen molar-refractivity contribution < 1.29 is 22.7 Å². The van der Waals surface area contributed by atoms with Crippen LogP contribution in [0.5, 0.6) is 5.75 Å². The number of carbonyl (C=O) groups is 2. The maximum atomic E-state index is 13.6. The summed E-state index contributed by atoms with van der Waals surface area (Å²) in [7, 11) is -4.04. The Bertz CT molecular complexity index is 1630. The molecule has 1 heterocycles. The molecule has 8 nitrogen and oxygen atoms in total. The molecule has 4 aromatic carbocycles. The molecule has 1 aliphatic rings. The van der Waals surface area contributed by atoms with Gasteiger partial charge in [0, 0.05) is 11.6 Å². The van der Waals surface area contributed by atoms with Crippen LogP contribution in [-0.4, -0.2) is 39.4 Å². The maximum absolute atomic E-state index is 13.6. The Labute approximate surface area is 237 Å². The lowest BCUT2D eigenvalue weighted by Crippen LogP contribution is -2.49. The summed E-state index contributed by atoms with van der Waals surface area (Å²) in [4.78, 5) is 26.4. The highest BCUT2D eigenvalue weighted by molar-refractivity contribution is 7.92. The number of hydrogen-bond donors (Lipinski definition) is 2. The van der Waals surface area contributed by atoms with E-state index in [-0.39, 0.29) is 28.7 Å². The van der Waals surface area contributed by atoms with Gasteiger partial charge in [0.05, 0.1) is 28.4 Å². The highest BCUT2D eigenvalue weighted by Gasteiger charge is 2.37. The predicted molar refractivity (Wildman–Crippen MR) is 154 cm³/mol. The molecule has 0 saturated heterocycles. The first kappa shape index (κ1) is 27.2. The molecule has 1 unspecified atom stereocenters. The number of amides is 2. The summed E-state index contributed by atoms with van der Waals surface area (Å²) in [5, 5.41) is 6.04. The second-order valence-electron chi connectivity index (χ2n) is 9.09. The van der Waals surface area contributed by atoms with Crippen LogP contribution < -0.4 is 19.7 Å². The number of benzene rings is 4. The molecule has 0 saturated carbocycles. The van der Waals surface area contributed by atoms with Gasteiger partial charge >= 0.3 is 0 Å². The zero-order valence-electron chi connectivity index (χ0n) is 21.3. The Morgan fingerprint density at radius 2 is 1.55 bits per heavy atom. The van der Waals surface area contributed by atoms with E-state index in [0.29, 0.717) is 29.4 Å². The van der Waals surface area contributed by atoms with Gasteiger partial charge in [-0.25, -0.2) is 8.42 Å². The zero-order chi connectivity index (χ0) is 28.1. The molecule has 2 N–H and O–H groups in total. The number of carbonyl (C=O) groups excluding carboxylic acids is 2. The Kier molecular flexibility index (Phi) is 8.04. The van der Waals surface area contributed by atoms with E-state index in [4.69, 9.17) is 16.3 Å². The van der Waals surface area contributed by atoms with Crippen molar-refractivity contribution in [3.05, 3.63) is 119 Å². The topological polar surface area (TPSA) is 105 Å². The van der Waals surface area contributed by atoms with Crippen molar-refractivity contribution in [3.63, 3.8) is 0 Å². The Morgan fingerprint density at radius 3 is 2.33 bits per heavy atom. The van der Waals surface area contributed by atoms with Gasteiger partial charge in [0.15, 0.2) is 6.10 Å². The van der Waals surface area contributed by atoms with E-state index in [1.54, 1.807) is 48.5 Å². The zero-order valence-corrected chi connectivity index (χ0v) is 22.9. The van der Waals surface area contributed by atoms with Gasteiger partial charge < -0.3 is 15.4 Å². The molecule has 10 heteroatoms. The minimum atomic E-state index is -4.04. The molecule has 5 rings (SSSR count). The summed E-state index contributed by atoms with van der Waals surface area (Å²) in [6.45, 7) is 0.157. The van der Waals surface area contributed by atoms with Crippen molar-refractivity contribution in [1.29, 1.82) is 0 Å². The molecule has 1 atom stereocenters. The van der Waals surface area contributed by atoms with E-state index in [1.807, 2.05) is 30.3 Å². The van der Waals surface area contributed by atoms with Crippen LogP contribution in [0.25, 0.3) is 0 Å². The normalized spacial score (nSPS) is 14.5. The third-order valence-electron chi connectivity index (χ3n) is 6.40. The largest absolute Gasteiger partial charge is 0.476 e. The highest BCUT2D eigenvalue weighted by Crippen LogP contribution is 2.37. The van der Waals surface area contributed by atoms with Crippen LogP contribution in [0.4, 0.5) is 11.4 Å². The highest BCUT2D eigenvalue weighted by atomic mass is 35.5. The number of anilines is 2. The molecular formula is C30H26ClN3O5S. The number of ether oxygens (including phenoxy) is 1. The molecule has 40 heavy (non-hydrogen) atoms. The van der Waals surface area contributed by atoms with E-state index in [1.165, 1.54) is 24.3 Å². The van der Waals surface area contributed by atoms with Crippen LogP contribution in [0.2, 0.25) is 5.02 Å². The summed E-state index contributed by atoms with van der Waals surface area (Å²) in [5.74, 6) is -0.678. The summed E-state index contributed by atoms with van der Waals surface area (Å²) in [5.41, 5.74) is 1.99. The molecule has 0 radical (unpaired) electrons. The van der Waals surface area contributed by atoms with Crippen LogP contribution in [0.3, 0.4) is 0 Å². The van der Waals surface area contributed by atoms with Crippen molar-refractivity contribution in [2.75, 3.05) is 22.7 Å². The number of sulfonamides is 1. The van der Waals surface area contributed by atoms with Gasteiger partial charge in [0.2, 0.25) is 0 Å². The maximum Gasteiger partial charge on any atom is 0.267 e. The lowest BCUT2D eigenvalue weighted by Gasteiger charge is -2.34. The predicted octanol–water partition coefficient (Wildman–Crippen LogP) is 4.91. The van der Waals surface area contributed by atoms with Gasteiger partial charge in [0.25, 0.3) is 21.8 Å². The summed E-state index contributed by atoms with van der Waals surface area (Å²) >= 11 is 5.95. The SMILES string of the molecule is O=C(NCCc1ccccc1)c1ccccc1NC(=O)C1CN(S(=O)(=O)c2ccc(Cl)cc2)c2ccccc2O1. The van der Waals surface area contributed by atoms with Gasteiger partial charge in [-0.05, 0) is 60.5 Å². The second kappa shape index (κ2) is 11.8. The molecule has 0 fully saturated rings. The molecule has 4 aromatic rings. The summed E-state index contributed by atoms with van der Waals surface area (Å²) in [6.07, 6.45) is -0.514. The fourth-order valence-corrected chi connectivity index (χ4v) is 5.97. The summed E-state index contributed by atoms with van der Waals surface area (Å²) in [6, 6.07) is 28.8. The second-order valence-corrected chi connectivity index (χ2v) is 11.4. The smallest absolute Gasteiger partial charge is 0.267 e. The van der Waals surface area contributed by atoms with Gasteiger partial charge in [-0.2, -0.15) is 0 Å². The lowest BCUT2D eigenvalue weighted by molar-refractivity contribution is -0.122. The first-order valence-corrected chi connectivity index (χ1v) is 14.4. The minimum Gasteiger partial charge on any atom is -0.476 e. The lowest BCUT2D eigenvalue weighted by atomic mass is 10.1. The van der Waals surface area contributed by atoms with Crippen LogP contribution in [0, 0.1) is 0 Å². The number of fused-ring (bicyclic) bond motifs is 1. The number of para-hydroxylation sites is 3. The molecule has 0 bridgehead atoms. The molecule has 0 spiro atoms. The molecule has 1 aliphatic heterocycles. The van der Waals surface area contributed by atoms with Crippen molar-refractivity contribution in [2.45, 2.75) is 17.4 Å². The number of nitrogens with zero attached hydrogens (tertiary/aromatic N) is 1. The fraction of sp³-hybridized carbons (Fsp3) is 0.133. The first-order chi connectivity index (χ1) is 19.3. The van der Waals surface area contributed by atoms with Crippen molar-refractivity contribution in [1.82, 2.24) is 5.32 Å². The van der Waals surface area contributed by atoms with E-state index >= 15 is 0 Å². The first-order valence-electron chi connectivity index (χ1n) is 12.6. The minimum absolute atomic E-state index is 0.0327. The molecule has 0 aromatic heterocycles. The van der Waals surface area contributed by atoms with Crippen LogP contribution in [0.1, 0.15) is 15.9 Å². The molecular weight excluding hydrogens is 550 g/mol. The Balaban J connectivity index is 1.33. The number of rotatable bonds is 8. The van der Waals surface area contributed by atoms with Crippen LogP contribution in [-0.2, 0) is 21.2 Å². The molecule has 2 amide bonds. The van der Waals surface area contributed by atoms with E-state index in [0.717, 1.165) is 9.87 Å². The summed E-state index contributed by atoms with van der Waals surface area (Å²) < 4.78 is 34.2. The fourth-order valence-electron chi connectivity index (χ4n) is 4.36. The monoisotopic (exact) mass is 575 g/mol. The molecule has 204 valence electrons. The number of halogens is 1. The average molecular weight is 576 g/mol. The standard InChI is InChI=1S/C30H26ClN3O5S/c31-22-14-16-23(17-15-22)40(37,38)34-20-28(39-27-13-7-6-12-26(27)34)30(36)33-25-11-5-4-10-24(25)29(35)32-19-18-21-8-2-1-3-9-21/h1-17,28H,18-20H2,(H,32,35)(H,33,36). The van der Waals surface area contributed by atoms with Gasteiger partial charge in [-0.1, -0.05) is 66.2 Å². The van der Waals surface area contributed by atoms with E-state index in [2.05, 4.69) is 10.6 Å². The molecule has 0 aliphatic carbocycles. The van der Waals surface area contributed by atoms with Crippen molar-refractivity contribution >= 4 is 44.8 Å².